The fourth-order valence-electron chi connectivity index (χ4n) is 2.58. The van der Waals surface area contributed by atoms with Crippen molar-refractivity contribution in [3.63, 3.8) is 0 Å². The van der Waals surface area contributed by atoms with Crippen molar-refractivity contribution < 1.29 is 19.4 Å². The van der Waals surface area contributed by atoms with Crippen molar-refractivity contribution in [3.05, 3.63) is 0 Å². The van der Waals surface area contributed by atoms with Crippen molar-refractivity contribution in [1.29, 1.82) is 0 Å². The molecule has 0 aliphatic carbocycles. The first-order chi connectivity index (χ1) is 8.09. The van der Waals surface area contributed by atoms with E-state index in [9.17, 15) is 9.59 Å². The molecule has 0 radical (unpaired) electrons. The van der Waals surface area contributed by atoms with Gasteiger partial charge < -0.3 is 20.5 Å². The molecule has 6 nitrogen and oxygen atoms in total. The summed E-state index contributed by atoms with van der Waals surface area (Å²) in [6.45, 7) is 1.41. The fraction of sp³-hybridized carbons (Fsp3) is 0.818. The Balaban J connectivity index is 2.00. The van der Waals surface area contributed by atoms with Crippen LogP contribution in [0.15, 0.2) is 0 Å². The minimum Gasteiger partial charge on any atom is -0.481 e. The highest BCUT2D eigenvalue weighted by atomic mass is 16.5. The van der Waals surface area contributed by atoms with E-state index in [1.807, 2.05) is 0 Å². The maximum Gasteiger partial charge on any atom is 0.305 e. The van der Waals surface area contributed by atoms with Crippen LogP contribution in [-0.2, 0) is 14.3 Å². The van der Waals surface area contributed by atoms with E-state index in [1.165, 1.54) is 0 Å². The molecular formula is C11H18N2O4. The lowest BCUT2D eigenvalue weighted by molar-refractivity contribution is -0.141. The first-order valence-corrected chi connectivity index (χ1v) is 5.95. The van der Waals surface area contributed by atoms with Gasteiger partial charge in [-0.2, -0.15) is 0 Å². The van der Waals surface area contributed by atoms with Gasteiger partial charge >= 0.3 is 5.97 Å². The molecule has 2 aliphatic heterocycles. The summed E-state index contributed by atoms with van der Waals surface area (Å²) in [6, 6.07) is -0.429. The monoisotopic (exact) mass is 242 g/mol. The molecule has 0 bridgehead atoms. The summed E-state index contributed by atoms with van der Waals surface area (Å²) in [5.74, 6) is -1.20. The van der Waals surface area contributed by atoms with E-state index in [4.69, 9.17) is 15.6 Å². The standard InChI is InChI=1S/C11H18N2O4/c12-9-6-17-5-8(9)11(16)13-3-1-2-7(13)4-10(14)15/h7-9H,1-6,12H2,(H,14,15). The quantitative estimate of drug-likeness (QED) is 0.691. The number of aliphatic carboxylic acids is 1. The van der Waals surface area contributed by atoms with Crippen LogP contribution in [0.25, 0.3) is 0 Å². The van der Waals surface area contributed by atoms with E-state index >= 15 is 0 Å². The number of rotatable bonds is 3. The Kier molecular flexibility index (Phi) is 3.63. The molecule has 0 spiro atoms. The van der Waals surface area contributed by atoms with Gasteiger partial charge in [-0.15, -0.1) is 0 Å². The second kappa shape index (κ2) is 5.01. The van der Waals surface area contributed by atoms with Crippen LogP contribution < -0.4 is 5.73 Å². The molecule has 0 aromatic heterocycles. The molecule has 3 unspecified atom stereocenters. The van der Waals surface area contributed by atoms with Gasteiger partial charge in [-0.1, -0.05) is 0 Å². The van der Waals surface area contributed by atoms with Crippen molar-refractivity contribution in [2.75, 3.05) is 19.8 Å². The summed E-state index contributed by atoms with van der Waals surface area (Å²) in [5, 5.41) is 8.80. The van der Waals surface area contributed by atoms with Crippen LogP contribution in [0.1, 0.15) is 19.3 Å². The molecule has 2 aliphatic rings. The number of hydrogen-bond acceptors (Lipinski definition) is 4. The Hall–Kier alpha value is -1.14. The van der Waals surface area contributed by atoms with Gasteiger partial charge in [0.15, 0.2) is 0 Å². The van der Waals surface area contributed by atoms with Gasteiger partial charge in [0.1, 0.15) is 0 Å². The molecule has 6 heteroatoms. The van der Waals surface area contributed by atoms with Crippen LogP contribution in [0.3, 0.4) is 0 Å². The van der Waals surface area contributed by atoms with Crippen molar-refractivity contribution in [3.8, 4) is 0 Å². The second-order valence-electron chi connectivity index (χ2n) is 4.73. The number of likely N-dealkylation sites (tertiary alicyclic amines) is 1. The molecule has 2 fully saturated rings. The molecule has 3 N–H and O–H groups in total. The molecule has 0 aromatic carbocycles. The summed E-state index contributed by atoms with van der Waals surface area (Å²) in [6.07, 6.45) is 1.65. The predicted molar refractivity (Wildman–Crippen MR) is 59.3 cm³/mol. The van der Waals surface area contributed by atoms with Crippen molar-refractivity contribution in [1.82, 2.24) is 4.90 Å². The van der Waals surface area contributed by atoms with Crippen LogP contribution in [0.2, 0.25) is 0 Å². The second-order valence-corrected chi connectivity index (χ2v) is 4.73. The Morgan fingerprint density at radius 1 is 1.41 bits per heavy atom. The molecule has 17 heavy (non-hydrogen) atoms. The molecule has 96 valence electrons. The largest absolute Gasteiger partial charge is 0.481 e. The summed E-state index contributed by atoms with van der Waals surface area (Å²) >= 11 is 0. The summed E-state index contributed by atoms with van der Waals surface area (Å²) in [5.41, 5.74) is 5.81. The average molecular weight is 242 g/mol. The highest BCUT2D eigenvalue weighted by molar-refractivity contribution is 5.81. The highest BCUT2D eigenvalue weighted by Gasteiger charge is 2.39. The summed E-state index contributed by atoms with van der Waals surface area (Å²) < 4.78 is 5.18. The lowest BCUT2D eigenvalue weighted by atomic mass is 10.0. The molecule has 3 atom stereocenters. The Morgan fingerprint density at radius 3 is 2.76 bits per heavy atom. The lowest BCUT2D eigenvalue weighted by Crippen LogP contribution is -2.46. The minimum atomic E-state index is -0.860. The number of carboxylic acids is 1. The first-order valence-electron chi connectivity index (χ1n) is 5.95. The predicted octanol–water partition coefficient (Wildman–Crippen LogP) is -0.574. The molecule has 2 heterocycles. The molecule has 1 amide bonds. The first kappa shape index (κ1) is 12.3. The number of nitrogens with two attached hydrogens (primary N) is 1. The van der Waals surface area contributed by atoms with E-state index in [0.29, 0.717) is 19.8 Å². The fourth-order valence-corrected chi connectivity index (χ4v) is 2.58. The SMILES string of the molecule is NC1COCC1C(=O)N1CCCC1CC(=O)O. The number of carbonyl (C=O) groups is 2. The van der Waals surface area contributed by atoms with Crippen LogP contribution in [0, 0.1) is 5.92 Å². The molecular weight excluding hydrogens is 224 g/mol. The van der Waals surface area contributed by atoms with Gasteiger partial charge in [-0.3, -0.25) is 9.59 Å². The van der Waals surface area contributed by atoms with Crippen LogP contribution in [0.5, 0.6) is 0 Å². The van der Waals surface area contributed by atoms with Crippen LogP contribution in [-0.4, -0.2) is 53.7 Å². The number of hydrogen-bond donors (Lipinski definition) is 2. The Morgan fingerprint density at radius 2 is 2.18 bits per heavy atom. The topological polar surface area (TPSA) is 92.9 Å². The van der Waals surface area contributed by atoms with Crippen LogP contribution in [0.4, 0.5) is 0 Å². The molecule has 2 rings (SSSR count). The third-order valence-electron chi connectivity index (χ3n) is 3.51. The van der Waals surface area contributed by atoms with E-state index in [1.54, 1.807) is 4.90 Å². The number of carboxylic acid groups (broad SMARTS) is 1. The summed E-state index contributed by atoms with van der Waals surface area (Å²) in [7, 11) is 0. The zero-order valence-electron chi connectivity index (χ0n) is 9.67. The zero-order valence-corrected chi connectivity index (χ0v) is 9.67. The van der Waals surface area contributed by atoms with Crippen molar-refractivity contribution in [2.24, 2.45) is 11.7 Å². The zero-order chi connectivity index (χ0) is 12.4. The Labute approximate surface area is 99.7 Å². The van der Waals surface area contributed by atoms with E-state index in [0.717, 1.165) is 12.8 Å². The molecule has 0 aromatic rings. The lowest BCUT2D eigenvalue weighted by Gasteiger charge is -2.27. The van der Waals surface area contributed by atoms with Gasteiger partial charge in [-0.05, 0) is 12.8 Å². The maximum atomic E-state index is 12.2. The molecule has 0 saturated carbocycles. The van der Waals surface area contributed by atoms with Gasteiger partial charge in [0.25, 0.3) is 0 Å². The van der Waals surface area contributed by atoms with Gasteiger partial charge in [0.05, 0.1) is 25.6 Å². The number of amides is 1. The van der Waals surface area contributed by atoms with Crippen molar-refractivity contribution in [2.45, 2.75) is 31.3 Å². The van der Waals surface area contributed by atoms with Gasteiger partial charge in [-0.25, -0.2) is 0 Å². The van der Waals surface area contributed by atoms with E-state index in [-0.39, 0.29) is 30.3 Å². The smallest absolute Gasteiger partial charge is 0.305 e. The van der Waals surface area contributed by atoms with Gasteiger partial charge in [0.2, 0.25) is 5.91 Å². The maximum absolute atomic E-state index is 12.2. The third kappa shape index (κ3) is 2.58. The number of carbonyl (C=O) groups excluding carboxylic acids is 1. The number of ether oxygens (including phenoxy) is 1. The third-order valence-corrected chi connectivity index (χ3v) is 3.51. The average Bonchev–Trinajstić information content (AvgIpc) is 2.85. The normalized spacial score (nSPS) is 33.0. The minimum absolute atomic E-state index is 0.0224. The summed E-state index contributed by atoms with van der Waals surface area (Å²) in [4.78, 5) is 24.6. The van der Waals surface area contributed by atoms with E-state index in [2.05, 4.69) is 0 Å². The Bertz CT molecular complexity index is 321. The number of nitrogens with zero attached hydrogens (tertiary/aromatic N) is 1. The van der Waals surface area contributed by atoms with Crippen molar-refractivity contribution >= 4 is 11.9 Å². The molecule has 2 saturated heterocycles. The van der Waals surface area contributed by atoms with E-state index < -0.39 is 5.97 Å². The van der Waals surface area contributed by atoms with Crippen LogP contribution >= 0.6 is 0 Å². The highest BCUT2D eigenvalue weighted by Crippen LogP contribution is 2.24. The van der Waals surface area contributed by atoms with Gasteiger partial charge in [0, 0.05) is 18.6 Å².